The van der Waals surface area contributed by atoms with E-state index in [1.54, 1.807) is 0 Å². The molecule has 2 unspecified atom stereocenters. The summed E-state index contributed by atoms with van der Waals surface area (Å²) in [4.78, 5) is 0. The van der Waals surface area contributed by atoms with Crippen LogP contribution in [0, 0.1) is 0 Å². The number of aliphatic hydroxyl groups is 3. The number of rotatable bonds is 12. The minimum atomic E-state index is -1.14. The second-order valence-electron chi connectivity index (χ2n) is 6.31. The van der Waals surface area contributed by atoms with E-state index < -0.39 is 18.8 Å². The van der Waals surface area contributed by atoms with E-state index in [4.69, 9.17) is 9.84 Å². The summed E-state index contributed by atoms with van der Waals surface area (Å²) in [5.74, 6) is 0. The van der Waals surface area contributed by atoms with Crippen LogP contribution in [-0.4, -0.2) is 47.3 Å². The van der Waals surface area contributed by atoms with Gasteiger partial charge in [-0.1, -0.05) is 34.9 Å². The first-order valence-corrected chi connectivity index (χ1v) is 8.36. The molecule has 0 aromatic rings. The predicted molar refractivity (Wildman–Crippen MR) is 95.3 cm³/mol. The van der Waals surface area contributed by atoms with Gasteiger partial charge in [0.2, 0.25) is 0 Å². The zero-order valence-electron chi connectivity index (χ0n) is 15.1. The molecule has 2 atom stereocenters. The molecular formula is C19H34O4. The molecule has 23 heavy (non-hydrogen) atoms. The quantitative estimate of drug-likeness (QED) is 0.381. The maximum atomic E-state index is 9.42. The third kappa shape index (κ3) is 13.2. The van der Waals surface area contributed by atoms with Gasteiger partial charge in [0.1, 0.15) is 12.2 Å². The largest absolute Gasteiger partial charge is 0.394 e. The van der Waals surface area contributed by atoms with Crippen LogP contribution in [0.25, 0.3) is 0 Å². The summed E-state index contributed by atoms with van der Waals surface area (Å²) >= 11 is 0. The van der Waals surface area contributed by atoms with Crippen LogP contribution in [-0.2, 0) is 4.74 Å². The Morgan fingerprint density at radius 3 is 2.00 bits per heavy atom. The first-order chi connectivity index (χ1) is 10.9. The standard InChI is InChI=1S/C19H34O4/c1-15(2)7-5-8-16(3)9-6-10-17(4)11-12-23-14-19(22)18(21)13-20/h7,9,11,18-22H,5-6,8,10,12-14H2,1-4H3/b16-9+,17-11+. The van der Waals surface area contributed by atoms with Crippen molar-refractivity contribution < 1.29 is 20.1 Å². The van der Waals surface area contributed by atoms with Gasteiger partial charge in [0.05, 0.1) is 19.8 Å². The lowest BCUT2D eigenvalue weighted by Crippen LogP contribution is -2.33. The second kappa shape index (κ2) is 13.5. The van der Waals surface area contributed by atoms with Gasteiger partial charge in [-0.3, -0.25) is 0 Å². The molecule has 0 bridgehead atoms. The summed E-state index contributed by atoms with van der Waals surface area (Å²) in [6.45, 7) is 8.46. The Balaban J connectivity index is 3.87. The Morgan fingerprint density at radius 2 is 1.43 bits per heavy atom. The molecule has 3 N–H and O–H groups in total. The van der Waals surface area contributed by atoms with Gasteiger partial charge < -0.3 is 20.1 Å². The molecule has 0 rings (SSSR count). The van der Waals surface area contributed by atoms with E-state index in [0.717, 1.165) is 25.7 Å². The summed E-state index contributed by atoms with van der Waals surface area (Å²) in [5.41, 5.74) is 4.04. The maximum absolute atomic E-state index is 9.42. The fourth-order valence-electron chi connectivity index (χ4n) is 1.96. The summed E-state index contributed by atoms with van der Waals surface area (Å²) in [6, 6.07) is 0. The SMILES string of the molecule is CC(C)=CCC/C(C)=C/CC/C(C)=C/COCC(O)C(O)CO. The third-order valence-electron chi connectivity index (χ3n) is 3.59. The molecular weight excluding hydrogens is 292 g/mol. The highest BCUT2D eigenvalue weighted by Gasteiger charge is 2.14. The van der Waals surface area contributed by atoms with E-state index in [-0.39, 0.29) is 6.61 Å². The van der Waals surface area contributed by atoms with Crippen LogP contribution >= 0.6 is 0 Å². The van der Waals surface area contributed by atoms with Crippen molar-refractivity contribution in [2.24, 2.45) is 0 Å². The number of hydrogen-bond donors (Lipinski definition) is 3. The van der Waals surface area contributed by atoms with Gasteiger partial charge in [-0.25, -0.2) is 0 Å². The summed E-state index contributed by atoms with van der Waals surface area (Å²) in [5, 5.41) is 27.3. The van der Waals surface area contributed by atoms with Crippen LogP contribution in [0.1, 0.15) is 53.4 Å². The molecule has 0 amide bonds. The Bertz CT molecular complexity index is 392. The smallest absolute Gasteiger partial charge is 0.105 e. The van der Waals surface area contributed by atoms with Crippen LogP contribution in [0.4, 0.5) is 0 Å². The van der Waals surface area contributed by atoms with Crippen molar-refractivity contribution in [3.05, 3.63) is 34.9 Å². The minimum Gasteiger partial charge on any atom is -0.394 e. The average Bonchev–Trinajstić information content (AvgIpc) is 2.50. The molecule has 0 saturated heterocycles. The Kier molecular flexibility index (Phi) is 12.9. The van der Waals surface area contributed by atoms with Gasteiger partial charge in [0.25, 0.3) is 0 Å². The van der Waals surface area contributed by atoms with Gasteiger partial charge in [0.15, 0.2) is 0 Å². The van der Waals surface area contributed by atoms with Crippen LogP contribution in [0.5, 0.6) is 0 Å². The molecule has 0 spiro atoms. The van der Waals surface area contributed by atoms with Crippen molar-refractivity contribution in [2.45, 2.75) is 65.6 Å². The van der Waals surface area contributed by atoms with E-state index in [9.17, 15) is 10.2 Å². The summed E-state index contributed by atoms with van der Waals surface area (Å²) < 4.78 is 5.27. The van der Waals surface area contributed by atoms with Gasteiger partial charge in [0, 0.05) is 0 Å². The summed E-state index contributed by atoms with van der Waals surface area (Å²) in [6.07, 6.45) is 8.60. The highest BCUT2D eigenvalue weighted by molar-refractivity contribution is 5.05. The zero-order valence-corrected chi connectivity index (χ0v) is 15.1. The molecule has 0 aromatic heterocycles. The molecule has 0 aliphatic heterocycles. The van der Waals surface area contributed by atoms with Gasteiger partial charge in [-0.05, 0) is 53.4 Å². The first-order valence-electron chi connectivity index (χ1n) is 8.36. The van der Waals surface area contributed by atoms with E-state index in [2.05, 4.69) is 39.8 Å². The Hall–Kier alpha value is -0.940. The second-order valence-corrected chi connectivity index (χ2v) is 6.31. The molecule has 0 radical (unpaired) electrons. The van der Waals surface area contributed by atoms with Gasteiger partial charge >= 0.3 is 0 Å². The maximum Gasteiger partial charge on any atom is 0.105 e. The van der Waals surface area contributed by atoms with Crippen molar-refractivity contribution >= 4 is 0 Å². The lowest BCUT2D eigenvalue weighted by Gasteiger charge is -2.14. The minimum absolute atomic E-state index is 0.0227. The highest BCUT2D eigenvalue weighted by Crippen LogP contribution is 2.11. The lowest BCUT2D eigenvalue weighted by molar-refractivity contribution is -0.0527. The van der Waals surface area contributed by atoms with E-state index in [1.807, 2.05) is 6.08 Å². The molecule has 4 heteroatoms. The average molecular weight is 326 g/mol. The van der Waals surface area contributed by atoms with E-state index >= 15 is 0 Å². The molecule has 0 fully saturated rings. The molecule has 0 saturated carbocycles. The van der Waals surface area contributed by atoms with Gasteiger partial charge in [-0.2, -0.15) is 0 Å². The predicted octanol–water partition coefficient (Wildman–Crippen LogP) is 3.14. The van der Waals surface area contributed by atoms with Crippen LogP contribution < -0.4 is 0 Å². The number of allylic oxidation sites excluding steroid dienone is 5. The molecule has 0 aliphatic carbocycles. The van der Waals surface area contributed by atoms with Crippen LogP contribution in [0.2, 0.25) is 0 Å². The molecule has 0 aliphatic rings. The monoisotopic (exact) mass is 326 g/mol. The number of aliphatic hydroxyl groups excluding tert-OH is 3. The van der Waals surface area contributed by atoms with E-state index in [0.29, 0.717) is 6.61 Å². The lowest BCUT2D eigenvalue weighted by atomic mass is 10.1. The third-order valence-corrected chi connectivity index (χ3v) is 3.59. The fourth-order valence-corrected chi connectivity index (χ4v) is 1.96. The molecule has 4 nitrogen and oxygen atoms in total. The summed E-state index contributed by atoms with van der Waals surface area (Å²) in [7, 11) is 0. The van der Waals surface area contributed by atoms with Crippen molar-refractivity contribution in [1.29, 1.82) is 0 Å². The highest BCUT2D eigenvalue weighted by atomic mass is 16.5. The van der Waals surface area contributed by atoms with Crippen molar-refractivity contribution in [3.63, 3.8) is 0 Å². The van der Waals surface area contributed by atoms with Crippen molar-refractivity contribution in [1.82, 2.24) is 0 Å². The Labute approximate surface area is 141 Å². The Morgan fingerprint density at radius 1 is 0.870 bits per heavy atom. The zero-order chi connectivity index (χ0) is 17.7. The first kappa shape index (κ1) is 22.1. The van der Waals surface area contributed by atoms with E-state index in [1.165, 1.54) is 16.7 Å². The van der Waals surface area contributed by atoms with Crippen LogP contribution in [0.3, 0.4) is 0 Å². The molecule has 0 heterocycles. The normalized spacial score (nSPS) is 15.4. The fraction of sp³-hybridized carbons (Fsp3) is 0.684. The van der Waals surface area contributed by atoms with Gasteiger partial charge in [-0.15, -0.1) is 0 Å². The molecule has 134 valence electrons. The number of ether oxygens (including phenoxy) is 1. The molecule has 0 aromatic carbocycles. The number of hydrogen-bond acceptors (Lipinski definition) is 4. The van der Waals surface area contributed by atoms with Crippen molar-refractivity contribution in [3.8, 4) is 0 Å². The van der Waals surface area contributed by atoms with Crippen LogP contribution in [0.15, 0.2) is 34.9 Å². The van der Waals surface area contributed by atoms with Crippen molar-refractivity contribution in [2.75, 3.05) is 19.8 Å². The topological polar surface area (TPSA) is 69.9 Å².